The number of fused-ring (bicyclic) bond motifs is 2. The first-order valence-electron chi connectivity index (χ1n) is 15.8. The molecule has 2 atom stereocenters. The van der Waals surface area contributed by atoms with Gasteiger partial charge in [-0.1, -0.05) is 106 Å². The summed E-state index contributed by atoms with van der Waals surface area (Å²) in [7, 11) is 0. The number of rotatable bonds is 5. The quantitative estimate of drug-likeness (QED) is 0.165. The molecule has 0 saturated heterocycles. The summed E-state index contributed by atoms with van der Waals surface area (Å²) in [6.07, 6.45) is 2.60. The summed E-state index contributed by atoms with van der Waals surface area (Å²) in [5.74, 6) is 12.7. The van der Waals surface area contributed by atoms with Crippen molar-refractivity contribution in [1.82, 2.24) is 4.48 Å². The molecule has 2 aliphatic heterocycles. The predicted octanol–water partition coefficient (Wildman–Crippen LogP) is 8.38. The summed E-state index contributed by atoms with van der Waals surface area (Å²) < 4.78 is 38.0. The molecular weight excluding hydrogens is 545 g/mol. The molecule has 44 heavy (non-hydrogen) atoms. The van der Waals surface area contributed by atoms with E-state index in [9.17, 15) is 0 Å². The van der Waals surface area contributed by atoms with E-state index in [2.05, 4.69) is 56.6 Å². The van der Waals surface area contributed by atoms with E-state index in [0.717, 1.165) is 39.0 Å². The number of halogens is 2. The number of hydrogen-bond acceptors (Lipinski definition) is 0. The molecule has 2 aliphatic rings. The van der Waals surface area contributed by atoms with Crippen molar-refractivity contribution >= 4 is 12.7 Å². The summed E-state index contributed by atoms with van der Waals surface area (Å²) in [6, 6.07) is 28.9. The predicted molar refractivity (Wildman–Crippen MR) is 177 cm³/mol. The van der Waals surface area contributed by atoms with E-state index in [1.807, 2.05) is 85.8 Å². The molecule has 3 aromatic carbocycles. The molecule has 0 bridgehead atoms. The monoisotopic (exact) mass is 582 g/mol. The number of aromatic nitrogens is 1. The van der Waals surface area contributed by atoms with E-state index in [-0.39, 0.29) is 5.92 Å². The Morgan fingerprint density at radius 1 is 0.659 bits per heavy atom. The molecule has 0 spiro atoms. The first kappa shape index (κ1) is 29.5. The van der Waals surface area contributed by atoms with Crippen molar-refractivity contribution in [3.63, 3.8) is 0 Å². The molecular formula is C39H37BF2N2. The van der Waals surface area contributed by atoms with Crippen LogP contribution in [-0.2, 0) is 12.8 Å². The van der Waals surface area contributed by atoms with Gasteiger partial charge in [-0.25, -0.2) is 0 Å². The average Bonchev–Trinajstić information content (AvgIpc) is 3.57. The van der Waals surface area contributed by atoms with E-state index < -0.39 is 13.0 Å². The van der Waals surface area contributed by atoms with Crippen molar-refractivity contribution in [3.05, 3.63) is 141 Å². The van der Waals surface area contributed by atoms with Crippen molar-refractivity contribution in [3.8, 4) is 23.7 Å². The molecule has 0 aliphatic carbocycles. The number of nitrogens with zero attached hydrogens (tertiary/aromatic N) is 2. The highest BCUT2D eigenvalue weighted by molar-refractivity contribution is 6.58. The Hall–Kier alpha value is -4.61. The van der Waals surface area contributed by atoms with Crippen LogP contribution in [0.25, 0.3) is 0 Å². The zero-order valence-electron chi connectivity index (χ0n) is 25.9. The molecule has 0 radical (unpaired) electrons. The molecule has 0 amide bonds. The van der Waals surface area contributed by atoms with Crippen LogP contribution in [0.3, 0.4) is 0 Å². The Bertz CT molecular complexity index is 1880. The number of hydrogen-bond donors (Lipinski definition) is 0. The minimum Gasteiger partial charge on any atom is -0.390 e. The first-order valence-corrected chi connectivity index (χ1v) is 15.8. The fourth-order valence-electron chi connectivity index (χ4n) is 7.32. The van der Waals surface area contributed by atoms with Gasteiger partial charge >= 0.3 is 6.97 Å². The van der Waals surface area contributed by atoms with Crippen LogP contribution in [0.1, 0.15) is 85.7 Å². The Balaban J connectivity index is 1.72. The molecule has 1 aromatic heterocycles. The van der Waals surface area contributed by atoms with Crippen LogP contribution in [-0.4, -0.2) is 27.7 Å². The summed E-state index contributed by atoms with van der Waals surface area (Å²) in [5.41, 5.74) is 8.14. The standard InChI is InChI=1S/C39H37BF2N2/c1-5-31-33(7-3)38-37(30-22-16-11-17-23-30)39-34(8-4)32(6-2)36(27-25-29-20-14-10-15-21-29)44(39)40(41,42)43(38)35(31)26-24-28-18-12-9-13-19-28/h9-23,37-38H,5-8H2,1-4H3. The maximum Gasteiger partial charge on any atom is 0.733 e. The normalized spacial score (nSPS) is 18.2. The summed E-state index contributed by atoms with van der Waals surface area (Å²) in [5, 5.41) is 0. The van der Waals surface area contributed by atoms with E-state index in [0.29, 0.717) is 42.8 Å². The zero-order chi connectivity index (χ0) is 30.8. The Morgan fingerprint density at radius 2 is 1.20 bits per heavy atom. The maximum absolute atomic E-state index is 17.7. The molecule has 0 saturated carbocycles. The van der Waals surface area contributed by atoms with Crippen LogP contribution >= 0.6 is 0 Å². The summed E-state index contributed by atoms with van der Waals surface area (Å²) in [4.78, 5) is 0. The average molecular weight is 583 g/mol. The number of benzene rings is 3. The van der Waals surface area contributed by atoms with Crippen molar-refractivity contribution in [2.24, 2.45) is 0 Å². The lowest BCUT2D eigenvalue weighted by Crippen LogP contribution is -2.59. The molecule has 6 rings (SSSR count). The van der Waals surface area contributed by atoms with Gasteiger partial charge in [0, 0.05) is 33.9 Å². The van der Waals surface area contributed by atoms with Gasteiger partial charge < -0.3 is 17.6 Å². The second-order valence-corrected chi connectivity index (χ2v) is 11.4. The van der Waals surface area contributed by atoms with Gasteiger partial charge in [0.1, 0.15) is 6.04 Å². The highest BCUT2D eigenvalue weighted by atomic mass is 19.2. The lowest BCUT2D eigenvalue weighted by molar-refractivity contribution is -0.462. The molecule has 5 heteroatoms. The fourth-order valence-corrected chi connectivity index (χ4v) is 7.32. The van der Waals surface area contributed by atoms with Gasteiger partial charge in [-0.15, -0.1) is 0 Å². The van der Waals surface area contributed by atoms with Gasteiger partial charge in [0.2, 0.25) is 5.71 Å². The molecule has 4 aromatic rings. The molecule has 3 heterocycles. The van der Waals surface area contributed by atoms with Crippen LogP contribution < -0.4 is 0 Å². The number of allylic oxidation sites excluding steroid dienone is 1. The van der Waals surface area contributed by atoms with Gasteiger partial charge in [-0.3, -0.25) is 0 Å². The third-order valence-electron chi connectivity index (χ3n) is 9.10. The van der Waals surface area contributed by atoms with Crippen molar-refractivity contribution in [2.75, 3.05) is 0 Å². The molecule has 220 valence electrons. The van der Waals surface area contributed by atoms with Gasteiger partial charge in [0.15, 0.2) is 0 Å². The Kier molecular flexibility index (Phi) is 8.16. The maximum atomic E-state index is 17.7. The molecule has 2 unspecified atom stereocenters. The molecule has 2 nitrogen and oxygen atoms in total. The van der Waals surface area contributed by atoms with Crippen LogP contribution in [0.4, 0.5) is 8.63 Å². The van der Waals surface area contributed by atoms with Crippen molar-refractivity contribution in [1.29, 1.82) is 0 Å². The lowest BCUT2D eigenvalue weighted by atomic mass is 9.74. The highest BCUT2D eigenvalue weighted by Crippen LogP contribution is 2.49. The highest BCUT2D eigenvalue weighted by Gasteiger charge is 2.61. The smallest absolute Gasteiger partial charge is 0.390 e. The van der Waals surface area contributed by atoms with E-state index in [1.165, 1.54) is 8.96 Å². The van der Waals surface area contributed by atoms with Crippen LogP contribution in [0, 0.1) is 23.7 Å². The van der Waals surface area contributed by atoms with Crippen molar-refractivity contribution < 1.29 is 13.1 Å². The molecule has 0 N–H and O–H groups in total. The van der Waals surface area contributed by atoms with Gasteiger partial charge in [-0.05, 0) is 72.6 Å². The van der Waals surface area contributed by atoms with Gasteiger partial charge in [0.25, 0.3) is 0 Å². The zero-order valence-corrected chi connectivity index (χ0v) is 25.9. The van der Waals surface area contributed by atoms with E-state index >= 15 is 8.63 Å². The summed E-state index contributed by atoms with van der Waals surface area (Å²) >= 11 is 0. The van der Waals surface area contributed by atoms with Gasteiger partial charge in [-0.2, -0.15) is 0 Å². The van der Waals surface area contributed by atoms with Crippen LogP contribution in [0.5, 0.6) is 0 Å². The fraction of sp³-hybridized carbons (Fsp3) is 0.256. The third kappa shape index (κ3) is 4.82. The second-order valence-electron chi connectivity index (χ2n) is 11.4. The van der Waals surface area contributed by atoms with Crippen molar-refractivity contribution in [2.45, 2.75) is 65.3 Å². The minimum absolute atomic E-state index is 0.294. The van der Waals surface area contributed by atoms with E-state index in [4.69, 9.17) is 0 Å². The topological polar surface area (TPSA) is 7.94 Å². The molecule has 0 fully saturated rings. The first-order chi connectivity index (χ1) is 21.5. The Labute approximate surface area is 260 Å². The summed E-state index contributed by atoms with van der Waals surface area (Å²) in [6.45, 7) is 3.98. The van der Waals surface area contributed by atoms with Crippen LogP contribution in [0.2, 0.25) is 0 Å². The third-order valence-corrected chi connectivity index (χ3v) is 9.10. The van der Waals surface area contributed by atoms with E-state index in [1.54, 1.807) is 0 Å². The van der Waals surface area contributed by atoms with Crippen LogP contribution in [0.15, 0.2) is 102 Å². The lowest BCUT2D eigenvalue weighted by Gasteiger charge is -2.41. The largest absolute Gasteiger partial charge is 0.733 e. The Morgan fingerprint density at radius 3 is 1.73 bits per heavy atom. The minimum atomic E-state index is -4.29. The SMILES string of the molecule is CCC1=C(CC)C2C(c3ccccc3)c3c(CC)c(CC)c(C#Cc4ccccc4)n3[B-](F)(F)[N+]2=C1C#Cc1ccccc1. The van der Waals surface area contributed by atoms with Gasteiger partial charge in [0.05, 0.1) is 11.6 Å². The second kappa shape index (κ2) is 12.2.